The second-order valence-corrected chi connectivity index (χ2v) is 12.9. The third kappa shape index (κ3) is 3.55. The number of aromatic amines is 1. The van der Waals surface area contributed by atoms with Crippen molar-refractivity contribution in [1.29, 1.82) is 0 Å². The third-order valence-corrected chi connectivity index (χ3v) is 10.6. The van der Waals surface area contributed by atoms with Crippen molar-refractivity contribution in [3.8, 4) is 11.3 Å². The van der Waals surface area contributed by atoms with E-state index in [0.717, 1.165) is 23.8 Å². The Morgan fingerprint density at radius 2 is 2.00 bits per heavy atom. The zero-order valence-corrected chi connectivity index (χ0v) is 23.7. The summed E-state index contributed by atoms with van der Waals surface area (Å²) in [6.07, 6.45) is 12.7. The number of allylic oxidation sites excluding steroid dienone is 3. The first-order chi connectivity index (χ1) is 18.3. The number of thiophene rings is 1. The number of fused-ring (bicyclic) bond motifs is 4. The molecule has 1 aliphatic carbocycles. The van der Waals surface area contributed by atoms with Crippen molar-refractivity contribution in [3.63, 3.8) is 0 Å². The normalized spacial score (nSPS) is 23.4. The lowest BCUT2D eigenvalue weighted by Crippen LogP contribution is -2.38. The smallest absolute Gasteiger partial charge is 0.158 e. The Morgan fingerprint density at radius 1 is 1.16 bits per heavy atom. The quantitative estimate of drug-likeness (QED) is 0.304. The molecule has 0 amide bonds. The lowest BCUT2D eigenvalue weighted by atomic mass is 9.88. The molecule has 38 heavy (non-hydrogen) atoms. The minimum Gasteiger partial charge on any atom is -0.358 e. The van der Waals surface area contributed by atoms with E-state index in [2.05, 4.69) is 84.8 Å². The van der Waals surface area contributed by atoms with E-state index in [1.807, 2.05) is 21.9 Å². The highest BCUT2D eigenvalue weighted by Crippen LogP contribution is 2.53. The van der Waals surface area contributed by atoms with Gasteiger partial charge >= 0.3 is 0 Å². The summed E-state index contributed by atoms with van der Waals surface area (Å²) in [6, 6.07) is 0.673. The number of likely N-dealkylation sites (tertiary alicyclic amines) is 1. The van der Waals surface area contributed by atoms with Crippen LogP contribution >= 0.6 is 11.3 Å². The predicted octanol–water partition coefficient (Wildman–Crippen LogP) is 6.72. The van der Waals surface area contributed by atoms with Crippen LogP contribution in [-0.2, 0) is 0 Å². The van der Waals surface area contributed by atoms with Crippen molar-refractivity contribution in [2.45, 2.75) is 65.3 Å². The lowest BCUT2D eigenvalue weighted by Gasteiger charge is -2.32. The molecule has 4 aromatic heterocycles. The number of H-pyrrole nitrogens is 1. The van der Waals surface area contributed by atoms with Crippen molar-refractivity contribution in [2.75, 3.05) is 13.1 Å². The van der Waals surface area contributed by atoms with Gasteiger partial charge in [0.15, 0.2) is 5.65 Å². The summed E-state index contributed by atoms with van der Waals surface area (Å²) in [6.45, 7) is 17.6. The van der Waals surface area contributed by atoms with Crippen LogP contribution in [0.1, 0.15) is 65.7 Å². The topological polar surface area (TPSA) is 61.2 Å². The summed E-state index contributed by atoms with van der Waals surface area (Å²) in [5, 5.41) is 9.35. The second-order valence-electron chi connectivity index (χ2n) is 11.8. The van der Waals surface area contributed by atoms with Crippen LogP contribution in [0.25, 0.3) is 27.1 Å². The number of rotatable bonds is 5. The standard InChI is InChI=1S/C31H36N6S/c1-16(2)26-27-20(6)29(24-11-23-10-21(24)12-36(23)13-22-9-7-8-17(3)34-22)38-31(27)35-28(26)25-14-37-30(32-15-33-37)19(5)18(25)4/h7-9,14-16,21,23-24,34-35H,3,10-13H2,1-2,4-6H3/t21-,23?,24+/m0/s1. The molecule has 1 unspecified atom stereocenters. The number of dihydropyridines is 1. The van der Waals surface area contributed by atoms with Crippen LogP contribution in [0.4, 0.5) is 0 Å². The van der Waals surface area contributed by atoms with Crippen molar-refractivity contribution >= 4 is 27.2 Å². The van der Waals surface area contributed by atoms with Gasteiger partial charge in [-0.1, -0.05) is 26.5 Å². The van der Waals surface area contributed by atoms with Gasteiger partial charge in [0.25, 0.3) is 0 Å². The summed E-state index contributed by atoms with van der Waals surface area (Å²) in [5.74, 6) is 1.83. The van der Waals surface area contributed by atoms with Crippen molar-refractivity contribution in [1.82, 2.24) is 29.8 Å². The highest BCUT2D eigenvalue weighted by atomic mass is 32.1. The minimum atomic E-state index is 0.418. The molecule has 3 atom stereocenters. The number of hydrogen-bond acceptors (Lipinski definition) is 5. The van der Waals surface area contributed by atoms with E-state index in [-0.39, 0.29) is 0 Å². The zero-order chi connectivity index (χ0) is 26.3. The maximum absolute atomic E-state index is 4.46. The van der Waals surface area contributed by atoms with Gasteiger partial charge in [0.1, 0.15) is 11.2 Å². The molecule has 2 aliphatic heterocycles. The largest absolute Gasteiger partial charge is 0.358 e. The van der Waals surface area contributed by atoms with E-state index < -0.39 is 0 Å². The Hall–Kier alpha value is -3.16. The summed E-state index contributed by atoms with van der Waals surface area (Å²) in [5.41, 5.74) is 11.1. The van der Waals surface area contributed by atoms with E-state index in [0.29, 0.717) is 17.9 Å². The fourth-order valence-corrected chi connectivity index (χ4v) is 8.72. The molecule has 196 valence electrons. The average molecular weight is 525 g/mol. The van der Waals surface area contributed by atoms with E-state index >= 15 is 0 Å². The first kappa shape index (κ1) is 23.9. The van der Waals surface area contributed by atoms with Crippen LogP contribution in [0.15, 0.2) is 48.7 Å². The van der Waals surface area contributed by atoms with Gasteiger partial charge in [0.05, 0.1) is 5.69 Å². The molecule has 2 fully saturated rings. The molecular weight excluding hydrogens is 488 g/mol. The van der Waals surface area contributed by atoms with Crippen LogP contribution in [0, 0.1) is 26.7 Å². The van der Waals surface area contributed by atoms with Gasteiger partial charge < -0.3 is 10.3 Å². The number of hydrogen-bond donors (Lipinski definition) is 2. The van der Waals surface area contributed by atoms with E-state index in [9.17, 15) is 0 Å². The zero-order valence-electron chi connectivity index (χ0n) is 22.9. The van der Waals surface area contributed by atoms with Crippen molar-refractivity contribution in [2.24, 2.45) is 5.92 Å². The molecule has 1 saturated heterocycles. The fraction of sp³-hybridized carbons (Fsp3) is 0.419. The van der Waals surface area contributed by atoms with Gasteiger partial charge in [0.2, 0.25) is 0 Å². The first-order valence-electron chi connectivity index (χ1n) is 13.8. The monoisotopic (exact) mass is 524 g/mol. The number of nitrogens with zero attached hydrogens (tertiary/aromatic N) is 4. The van der Waals surface area contributed by atoms with Crippen LogP contribution in [0.5, 0.6) is 0 Å². The predicted molar refractivity (Wildman–Crippen MR) is 157 cm³/mol. The van der Waals surface area contributed by atoms with E-state index in [4.69, 9.17) is 0 Å². The molecule has 6 nitrogen and oxygen atoms in total. The number of piperidine rings is 1. The number of aromatic nitrogens is 4. The fourth-order valence-electron chi connectivity index (χ4n) is 7.29. The molecule has 0 spiro atoms. The van der Waals surface area contributed by atoms with Gasteiger partial charge in [-0.15, -0.1) is 11.3 Å². The molecule has 7 rings (SSSR count). The number of pyridine rings is 1. The van der Waals surface area contributed by atoms with Crippen LogP contribution < -0.4 is 5.32 Å². The molecule has 0 radical (unpaired) electrons. The molecular formula is C31H36N6S. The Kier molecular flexibility index (Phi) is 5.46. The van der Waals surface area contributed by atoms with Gasteiger partial charge in [-0.3, -0.25) is 4.90 Å². The van der Waals surface area contributed by atoms with Crippen molar-refractivity contribution < 1.29 is 0 Å². The Labute approximate surface area is 228 Å². The number of aryl methyl sites for hydroxylation is 2. The van der Waals surface area contributed by atoms with Gasteiger partial charge in [-0.25, -0.2) is 9.50 Å². The highest BCUT2D eigenvalue weighted by Gasteiger charge is 2.46. The summed E-state index contributed by atoms with van der Waals surface area (Å²) < 4.78 is 1.92. The van der Waals surface area contributed by atoms with Crippen LogP contribution in [0.3, 0.4) is 0 Å². The number of nitrogens with one attached hydrogen (secondary N) is 2. The Morgan fingerprint density at radius 3 is 2.74 bits per heavy atom. The summed E-state index contributed by atoms with van der Waals surface area (Å²) in [4.78, 5) is 14.0. The molecule has 4 aromatic rings. The van der Waals surface area contributed by atoms with Crippen LogP contribution in [0.2, 0.25) is 0 Å². The van der Waals surface area contributed by atoms with Crippen LogP contribution in [-0.4, -0.2) is 43.6 Å². The molecule has 7 heteroatoms. The maximum Gasteiger partial charge on any atom is 0.158 e. The minimum absolute atomic E-state index is 0.418. The second kappa shape index (κ2) is 8.68. The van der Waals surface area contributed by atoms with E-state index in [1.54, 1.807) is 11.2 Å². The van der Waals surface area contributed by atoms with Crippen molar-refractivity contribution in [3.05, 3.63) is 75.9 Å². The molecule has 2 N–H and O–H groups in total. The van der Waals surface area contributed by atoms with Gasteiger partial charge in [-0.2, -0.15) is 5.10 Å². The average Bonchev–Trinajstić information content (AvgIpc) is 3.68. The SMILES string of the molecule is C=C1C=CC=C(CN2C[C@@H]3CC2C[C@H]3c2sc3[nH]c(-c4cn5ncnc5c(C)c4C)c(C(C)C)c3c2C)N1. The first-order valence-corrected chi connectivity index (χ1v) is 14.6. The Bertz CT molecular complexity index is 1660. The molecule has 6 heterocycles. The van der Waals surface area contributed by atoms with E-state index in [1.165, 1.54) is 68.8 Å². The highest BCUT2D eigenvalue weighted by molar-refractivity contribution is 7.19. The van der Waals surface area contributed by atoms with Gasteiger partial charge in [0, 0.05) is 52.5 Å². The molecule has 2 bridgehead atoms. The molecule has 3 aliphatic rings. The molecule has 1 saturated carbocycles. The van der Waals surface area contributed by atoms with Gasteiger partial charge in [-0.05, 0) is 85.8 Å². The maximum atomic E-state index is 4.46. The summed E-state index contributed by atoms with van der Waals surface area (Å²) >= 11 is 2.01. The Balaban J connectivity index is 1.22. The molecule has 0 aromatic carbocycles. The third-order valence-electron chi connectivity index (χ3n) is 9.22. The summed E-state index contributed by atoms with van der Waals surface area (Å²) in [7, 11) is 0. The lowest BCUT2D eigenvalue weighted by molar-refractivity contribution is 0.214.